The van der Waals surface area contributed by atoms with Crippen LogP contribution in [0.25, 0.3) is 0 Å². The molecule has 2 aliphatic carbocycles. The Morgan fingerprint density at radius 3 is 2.74 bits per heavy atom. The number of carbonyl (C=O) groups is 1. The maximum absolute atomic E-state index is 12.4. The molecule has 0 bridgehead atoms. The lowest BCUT2D eigenvalue weighted by Crippen LogP contribution is -2.49. The number of nitrogens with zero attached hydrogens (tertiary/aromatic N) is 1. The highest BCUT2D eigenvalue weighted by molar-refractivity contribution is 6.31. The largest absolute Gasteiger partial charge is 0.346 e. The summed E-state index contributed by atoms with van der Waals surface area (Å²) in [5, 5.41) is 3.71. The summed E-state index contributed by atoms with van der Waals surface area (Å²) in [4.78, 5) is 12.4. The van der Waals surface area contributed by atoms with E-state index in [9.17, 15) is 4.79 Å². The Hall–Kier alpha value is -1.00. The molecule has 4 nitrogen and oxygen atoms in total. The zero-order valence-corrected chi connectivity index (χ0v) is 11.7. The first-order chi connectivity index (χ1) is 9.15. The standard InChI is InChI=1S/C14H20ClN3O/c15-9-7-13(18(8-9)10-5-6-10)14(19)17-12-4-2-1-3-11(12)16/h7-8,10-12H,1-6,16H2,(H,17,19). The van der Waals surface area contributed by atoms with Crippen molar-refractivity contribution in [3.05, 3.63) is 23.0 Å². The van der Waals surface area contributed by atoms with Gasteiger partial charge in [0.1, 0.15) is 5.69 Å². The van der Waals surface area contributed by atoms with Crippen LogP contribution in [0.5, 0.6) is 0 Å². The third kappa shape index (κ3) is 2.79. The molecule has 1 aromatic heterocycles. The molecule has 0 aliphatic heterocycles. The first-order valence-electron chi connectivity index (χ1n) is 7.09. The summed E-state index contributed by atoms with van der Waals surface area (Å²) in [6.45, 7) is 0. The molecule has 104 valence electrons. The minimum atomic E-state index is -0.0406. The summed E-state index contributed by atoms with van der Waals surface area (Å²) in [5.41, 5.74) is 6.74. The third-order valence-electron chi connectivity index (χ3n) is 4.12. The van der Waals surface area contributed by atoms with Gasteiger partial charge in [-0.3, -0.25) is 4.79 Å². The van der Waals surface area contributed by atoms with Crippen molar-refractivity contribution < 1.29 is 4.79 Å². The van der Waals surface area contributed by atoms with Crippen LogP contribution >= 0.6 is 11.6 Å². The topological polar surface area (TPSA) is 60.0 Å². The Kier molecular flexibility index (Phi) is 3.54. The first-order valence-corrected chi connectivity index (χ1v) is 7.47. The molecule has 0 aromatic carbocycles. The average molecular weight is 282 g/mol. The Bertz CT molecular complexity index is 481. The van der Waals surface area contributed by atoms with Gasteiger partial charge in [-0.05, 0) is 31.7 Å². The van der Waals surface area contributed by atoms with Crippen molar-refractivity contribution in [3.8, 4) is 0 Å². The summed E-state index contributed by atoms with van der Waals surface area (Å²) >= 11 is 6.03. The fourth-order valence-electron chi connectivity index (χ4n) is 2.86. The number of rotatable bonds is 3. The predicted molar refractivity (Wildman–Crippen MR) is 75.4 cm³/mol. The quantitative estimate of drug-likeness (QED) is 0.894. The van der Waals surface area contributed by atoms with E-state index in [4.69, 9.17) is 17.3 Å². The number of hydrogen-bond donors (Lipinski definition) is 2. The van der Waals surface area contributed by atoms with Gasteiger partial charge in [0.25, 0.3) is 5.91 Å². The number of amides is 1. The maximum atomic E-state index is 12.4. The summed E-state index contributed by atoms with van der Waals surface area (Å²) in [5.74, 6) is -0.0406. The minimum absolute atomic E-state index is 0.0406. The number of nitrogens with one attached hydrogen (secondary N) is 1. The van der Waals surface area contributed by atoms with Gasteiger partial charge in [-0.2, -0.15) is 0 Å². The molecular formula is C14H20ClN3O. The van der Waals surface area contributed by atoms with Crippen LogP contribution in [0.15, 0.2) is 12.3 Å². The molecule has 2 unspecified atom stereocenters. The van der Waals surface area contributed by atoms with Crippen LogP contribution in [-0.2, 0) is 0 Å². The number of halogens is 1. The van der Waals surface area contributed by atoms with E-state index in [-0.39, 0.29) is 18.0 Å². The molecule has 2 fully saturated rings. The van der Waals surface area contributed by atoms with Gasteiger partial charge >= 0.3 is 0 Å². The van der Waals surface area contributed by atoms with Gasteiger partial charge in [-0.15, -0.1) is 0 Å². The average Bonchev–Trinajstić information content (AvgIpc) is 3.15. The van der Waals surface area contributed by atoms with Crippen molar-refractivity contribution in [3.63, 3.8) is 0 Å². The third-order valence-corrected chi connectivity index (χ3v) is 4.33. The van der Waals surface area contributed by atoms with Crippen LogP contribution < -0.4 is 11.1 Å². The highest BCUT2D eigenvalue weighted by Gasteiger charge is 2.29. The number of aromatic nitrogens is 1. The van der Waals surface area contributed by atoms with Crippen molar-refractivity contribution >= 4 is 17.5 Å². The van der Waals surface area contributed by atoms with Crippen LogP contribution in [0.1, 0.15) is 55.1 Å². The van der Waals surface area contributed by atoms with Gasteiger partial charge in [-0.25, -0.2) is 0 Å². The lowest BCUT2D eigenvalue weighted by atomic mass is 9.91. The van der Waals surface area contributed by atoms with Gasteiger partial charge in [0, 0.05) is 24.3 Å². The Balaban J connectivity index is 1.72. The molecule has 2 saturated carbocycles. The fraction of sp³-hybridized carbons (Fsp3) is 0.643. The Morgan fingerprint density at radius 1 is 1.32 bits per heavy atom. The molecule has 2 atom stereocenters. The summed E-state index contributed by atoms with van der Waals surface area (Å²) in [6, 6.07) is 2.39. The van der Waals surface area contributed by atoms with Gasteiger partial charge in [0.15, 0.2) is 0 Å². The lowest BCUT2D eigenvalue weighted by Gasteiger charge is -2.29. The van der Waals surface area contributed by atoms with E-state index in [0.29, 0.717) is 16.8 Å². The Labute approximate surface area is 118 Å². The molecule has 3 N–H and O–H groups in total. The van der Waals surface area contributed by atoms with E-state index in [2.05, 4.69) is 5.32 Å². The fourth-order valence-corrected chi connectivity index (χ4v) is 3.07. The molecule has 5 heteroatoms. The molecule has 3 rings (SSSR count). The molecule has 1 amide bonds. The normalized spacial score (nSPS) is 27.3. The van der Waals surface area contributed by atoms with Crippen LogP contribution in [0.2, 0.25) is 5.02 Å². The lowest BCUT2D eigenvalue weighted by molar-refractivity contribution is 0.0911. The molecule has 1 aromatic rings. The highest BCUT2D eigenvalue weighted by atomic mass is 35.5. The number of hydrogen-bond acceptors (Lipinski definition) is 2. The zero-order chi connectivity index (χ0) is 13.4. The van der Waals surface area contributed by atoms with Gasteiger partial charge in [0.05, 0.1) is 5.02 Å². The molecular weight excluding hydrogens is 262 g/mol. The maximum Gasteiger partial charge on any atom is 0.268 e. The summed E-state index contributed by atoms with van der Waals surface area (Å²) in [6.07, 6.45) is 8.40. The van der Waals surface area contributed by atoms with E-state index >= 15 is 0 Å². The van der Waals surface area contributed by atoms with E-state index < -0.39 is 0 Å². The summed E-state index contributed by atoms with van der Waals surface area (Å²) < 4.78 is 2.01. The van der Waals surface area contributed by atoms with Gasteiger partial charge in [-0.1, -0.05) is 24.4 Å². The van der Waals surface area contributed by atoms with Gasteiger partial charge in [0.2, 0.25) is 0 Å². The molecule has 19 heavy (non-hydrogen) atoms. The van der Waals surface area contributed by atoms with Gasteiger partial charge < -0.3 is 15.6 Å². The molecule has 2 aliphatic rings. The first kappa shape index (κ1) is 13.0. The van der Waals surface area contributed by atoms with Crippen molar-refractivity contribution in [1.29, 1.82) is 0 Å². The predicted octanol–water partition coefficient (Wildman–Crippen LogP) is 2.48. The second-order valence-electron chi connectivity index (χ2n) is 5.71. The zero-order valence-electron chi connectivity index (χ0n) is 10.9. The molecule has 1 heterocycles. The highest BCUT2D eigenvalue weighted by Crippen LogP contribution is 2.37. The molecule has 0 saturated heterocycles. The molecule has 0 radical (unpaired) electrons. The SMILES string of the molecule is NC1CCCCC1NC(=O)c1cc(Cl)cn1C1CC1. The van der Waals surface area contributed by atoms with E-state index in [1.54, 1.807) is 6.07 Å². The van der Waals surface area contributed by atoms with Crippen molar-refractivity contribution in [2.45, 2.75) is 56.7 Å². The smallest absolute Gasteiger partial charge is 0.268 e. The van der Waals surface area contributed by atoms with Crippen LogP contribution in [0.4, 0.5) is 0 Å². The minimum Gasteiger partial charge on any atom is -0.346 e. The second-order valence-corrected chi connectivity index (χ2v) is 6.15. The molecule has 0 spiro atoms. The van der Waals surface area contributed by atoms with Crippen LogP contribution in [0, 0.1) is 0 Å². The van der Waals surface area contributed by atoms with Crippen molar-refractivity contribution in [2.75, 3.05) is 0 Å². The number of carbonyl (C=O) groups excluding carboxylic acids is 1. The summed E-state index contributed by atoms with van der Waals surface area (Å²) in [7, 11) is 0. The van der Waals surface area contributed by atoms with Crippen LogP contribution in [-0.4, -0.2) is 22.6 Å². The van der Waals surface area contributed by atoms with Crippen LogP contribution in [0.3, 0.4) is 0 Å². The van der Waals surface area contributed by atoms with E-state index in [1.807, 2.05) is 10.8 Å². The number of nitrogens with two attached hydrogens (primary N) is 1. The Morgan fingerprint density at radius 2 is 2.05 bits per heavy atom. The van der Waals surface area contributed by atoms with E-state index in [1.165, 1.54) is 0 Å². The van der Waals surface area contributed by atoms with Crippen molar-refractivity contribution in [1.82, 2.24) is 9.88 Å². The van der Waals surface area contributed by atoms with Crippen molar-refractivity contribution in [2.24, 2.45) is 5.73 Å². The van der Waals surface area contributed by atoms with E-state index in [0.717, 1.165) is 38.5 Å². The second kappa shape index (κ2) is 5.17. The monoisotopic (exact) mass is 281 g/mol.